The molecule has 4 rings (SSSR count). The van der Waals surface area contributed by atoms with E-state index in [9.17, 15) is 9.59 Å². The van der Waals surface area contributed by atoms with Gasteiger partial charge in [0, 0.05) is 44.6 Å². The van der Waals surface area contributed by atoms with Crippen LogP contribution < -0.4 is 10.2 Å². The van der Waals surface area contributed by atoms with Crippen molar-refractivity contribution in [3.05, 3.63) is 83.7 Å². The number of carbonyl (C=O) groups excluding carboxylic acids is 2. The van der Waals surface area contributed by atoms with Crippen LogP contribution in [0.25, 0.3) is 11.1 Å². The summed E-state index contributed by atoms with van der Waals surface area (Å²) in [6.07, 6.45) is 4.85. The Morgan fingerprint density at radius 1 is 1.10 bits per heavy atom. The van der Waals surface area contributed by atoms with Crippen molar-refractivity contribution in [3.63, 3.8) is 0 Å². The molecule has 0 radical (unpaired) electrons. The maximum Gasteiger partial charge on any atom is 0.251 e. The molecule has 0 bridgehead atoms. The summed E-state index contributed by atoms with van der Waals surface area (Å²) in [5.74, 6) is 0.0567. The standard InChI is InChI=1S/C24H23N3O2.H2/c1-2-23(28)27-13-11-21-14-20(9-10-22(21)27)18-5-7-19(8-6-18)24(29)26-16-17-4-3-12-25-15-17;/h3-10,12,14-15H,2,11,13,16H2,1H3,(H,26,29);1H. The van der Waals surface area contributed by atoms with Gasteiger partial charge in [-0.15, -0.1) is 0 Å². The molecule has 2 heterocycles. The van der Waals surface area contributed by atoms with Crippen molar-refractivity contribution < 1.29 is 11.0 Å². The van der Waals surface area contributed by atoms with Crippen molar-refractivity contribution in [2.24, 2.45) is 0 Å². The minimum atomic E-state index is -0.108. The Balaban J connectivity index is 0.00000256. The molecule has 5 heteroatoms. The number of pyridine rings is 1. The number of amides is 2. The van der Waals surface area contributed by atoms with Gasteiger partial charge < -0.3 is 10.2 Å². The fourth-order valence-electron chi connectivity index (χ4n) is 3.63. The molecule has 0 fully saturated rings. The summed E-state index contributed by atoms with van der Waals surface area (Å²) in [7, 11) is 0. The number of rotatable bonds is 5. The Hall–Kier alpha value is -3.47. The molecule has 148 valence electrons. The van der Waals surface area contributed by atoms with Crippen molar-refractivity contribution in [1.29, 1.82) is 0 Å². The van der Waals surface area contributed by atoms with Gasteiger partial charge in [0.2, 0.25) is 5.91 Å². The second-order valence-electron chi connectivity index (χ2n) is 7.11. The summed E-state index contributed by atoms with van der Waals surface area (Å²) < 4.78 is 0. The van der Waals surface area contributed by atoms with Gasteiger partial charge in [0.25, 0.3) is 5.91 Å². The average molecular weight is 387 g/mol. The minimum absolute atomic E-state index is 0. The van der Waals surface area contributed by atoms with Crippen molar-refractivity contribution in [2.75, 3.05) is 11.4 Å². The van der Waals surface area contributed by atoms with Gasteiger partial charge >= 0.3 is 0 Å². The third kappa shape index (κ3) is 4.04. The molecular formula is C24H25N3O2. The van der Waals surface area contributed by atoms with Crippen LogP contribution in [0.1, 0.15) is 36.3 Å². The Bertz CT molecular complexity index is 1040. The molecule has 0 saturated heterocycles. The van der Waals surface area contributed by atoms with Gasteiger partial charge in [-0.25, -0.2) is 0 Å². The van der Waals surface area contributed by atoms with E-state index in [1.165, 1.54) is 5.56 Å². The smallest absolute Gasteiger partial charge is 0.251 e. The molecular weight excluding hydrogens is 362 g/mol. The van der Waals surface area contributed by atoms with E-state index in [-0.39, 0.29) is 13.2 Å². The molecule has 1 aliphatic rings. The first kappa shape index (κ1) is 18.9. The van der Waals surface area contributed by atoms with Crippen molar-refractivity contribution >= 4 is 17.5 Å². The lowest BCUT2D eigenvalue weighted by molar-refractivity contribution is -0.118. The highest BCUT2D eigenvalue weighted by atomic mass is 16.2. The van der Waals surface area contributed by atoms with Crippen LogP contribution in [-0.4, -0.2) is 23.3 Å². The van der Waals surface area contributed by atoms with Crippen LogP contribution in [0.2, 0.25) is 0 Å². The van der Waals surface area contributed by atoms with Crippen LogP contribution in [0.5, 0.6) is 0 Å². The van der Waals surface area contributed by atoms with Gasteiger partial charge in [-0.1, -0.05) is 31.2 Å². The number of hydrogen-bond acceptors (Lipinski definition) is 3. The van der Waals surface area contributed by atoms with Gasteiger partial charge in [-0.2, -0.15) is 0 Å². The Kier molecular flexibility index (Phi) is 5.38. The zero-order chi connectivity index (χ0) is 20.2. The first-order valence-corrected chi connectivity index (χ1v) is 9.86. The first-order chi connectivity index (χ1) is 14.2. The van der Waals surface area contributed by atoms with E-state index < -0.39 is 0 Å². The normalized spacial score (nSPS) is 12.5. The van der Waals surface area contributed by atoms with E-state index in [2.05, 4.69) is 16.4 Å². The van der Waals surface area contributed by atoms with Gasteiger partial charge in [-0.05, 0) is 59.0 Å². The highest BCUT2D eigenvalue weighted by Crippen LogP contribution is 2.32. The number of carbonyl (C=O) groups is 2. The lowest BCUT2D eigenvalue weighted by atomic mass is 10.0. The maximum absolute atomic E-state index is 12.4. The predicted octanol–water partition coefficient (Wildman–Crippen LogP) is 4.22. The summed E-state index contributed by atoms with van der Waals surface area (Å²) in [5, 5.41) is 2.91. The largest absolute Gasteiger partial charge is 0.348 e. The average Bonchev–Trinajstić information content (AvgIpc) is 3.21. The van der Waals surface area contributed by atoms with E-state index in [1.807, 2.05) is 60.4 Å². The van der Waals surface area contributed by atoms with Crippen molar-refractivity contribution in [3.8, 4) is 11.1 Å². The topological polar surface area (TPSA) is 62.3 Å². The summed E-state index contributed by atoms with van der Waals surface area (Å²) in [6.45, 7) is 3.09. The molecule has 0 atom stereocenters. The quantitative estimate of drug-likeness (QED) is 0.713. The van der Waals surface area contributed by atoms with Crippen LogP contribution in [0, 0.1) is 0 Å². The minimum Gasteiger partial charge on any atom is -0.348 e. The third-order valence-corrected chi connectivity index (χ3v) is 5.23. The molecule has 1 aliphatic heterocycles. The second kappa shape index (κ2) is 8.27. The Morgan fingerprint density at radius 2 is 1.90 bits per heavy atom. The molecule has 3 aromatic rings. The number of nitrogens with zero attached hydrogens (tertiary/aromatic N) is 2. The van der Waals surface area contributed by atoms with Crippen molar-refractivity contribution in [1.82, 2.24) is 10.3 Å². The number of benzene rings is 2. The fourth-order valence-corrected chi connectivity index (χ4v) is 3.63. The Labute approximate surface area is 171 Å². The summed E-state index contributed by atoms with van der Waals surface area (Å²) in [6, 6.07) is 17.6. The highest BCUT2D eigenvalue weighted by molar-refractivity contribution is 5.96. The van der Waals surface area contributed by atoms with Crippen LogP contribution in [-0.2, 0) is 17.8 Å². The monoisotopic (exact) mass is 387 g/mol. The van der Waals surface area contributed by atoms with E-state index >= 15 is 0 Å². The summed E-state index contributed by atoms with van der Waals surface area (Å²) in [4.78, 5) is 30.4. The molecule has 0 aliphatic carbocycles. The fraction of sp³-hybridized carbons (Fsp3) is 0.208. The summed E-state index contributed by atoms with van der Waals surface area (Å²) in [5.41, 5.74) is 5.95. The molecule has 2 amide bonds. The van der Waals surface area contributed by atoms with Gasteiger partial charge in [0.1, 0.15) is 0 Å². The van der Waals surface area contributed by atoms with Crippen LogP contribution >= 0.6 is 0 Å². The van der Waals surface area contributed by atoms with E-state index in [0.29, 0.717) is 18.5 Å². The highest BCUT2D eigenvalue weighted by Gasteiger charge is 2.23. The predicted molar refractivity (Wildman–Crippen MR) is 116 cm³/mol. The molecule has 0 saturated carbocycles. The molecule has 29 heavy (non-hydrogen) atoms. The van der Waals surface area contributed by atoms with Crippen molar-refractivity contribution in [2.45, 2.75) is 26.3 Å². The third-order valence-electron chi connectivity index (χ3n) is 5.23. The molecule has 2 aromatic carbocycles. The lowest BCUT2D eigenvalue weighted by Crippen LogP contribution is -2.27. The molecule has 0 unspecified atom stereocenters. The van der Waals surface area contributed by atoms with Gasteiger partial charge in [0.05, 0.1) is 0 Å². The molecule has 5 nitrogen and oxygen atoms in total. The number of anilines is 1. The van der Waals surface area contributed by atoms with Crippen LogP contribution in [0.3, 0.4) is 0 Å². The Morgan fingerprint density at radius 3 is 2.62 bits per heavy atom. The van der Waals surface area contributed by atoms with Crippen LogP contribution in [0.4, 0.5) is 5.69 Å². The van der Waals surface area contributed by atoms with E-state index in [0.717, 1.165) is 35.3 Å². The van der Waals surface area contributed by atoms with Crippen LogP contribution in [0.15, 0.2) is 67.0 Å². The zero-order valence-electron chi connectivity index (χ0n) is 16.4. The molecule has 1 N–H and O–H groups in total. The lowest BCUT2D eigenvalue weighted by Gasteiger charge is -2.16. The van der Waals surface area contributed by atoms with Gasteiger partial charge in [-0.3, -0.25) is 14.6 Å². The number of aromatic nitrogens is 1. The zero-order valence-corrected chi connectivity index (χ0v) is 16.4. The van der Waals surface area contributed by atoms with Gasteiger partial charge in [0.15, 0.2) is 0 Å². The number of hydrogen-bond donors (Lipinski definition) is 1. The molecule has 0 spiro atoms. The summed E-state index contributed by atoms with van der Waals surface area (Å²) >= 11 is 0. The number of nitrogens with one attached hydrogen (secondary N) is 1. The van der Waals surface area contributed by atoms with E-state index in [4.69, 9.17) is 0 Å². The first-order valence-electron chi connectivity index (χ1n) is 9.86. The second-order valence-corrected chi connectivity index (χ2v) is 7.11. The molecule has 1 aromatic heterocycles. The number of fused-ring (bicyclic) bond motifs is 1. The SMILES string of the molecule is CCC(=O)N1CCc2cc(-c3ccc(C(=O)NCc4cccnc4)cc3)ccc21.[HH]. The van der Waals surface area contributed by atoms with E-state index in [1.54, 1.807) is 12.4 Å². The maximum atomic E-state index is 12.4.